The minimum absolute atomic E-state index is 0.0299. The van der Waals surface area contributed by atoms with Crippen LogP contribution in [0.1, 0.15) is 30.6 Å². The summed E-state index contributed by atoms with van der Waals surface area (Å²) in [6, 6.07) is 9.54. The molecular formula is C16H20N2O2. The molecule has 0 spiro atoms. The van der Waals surface area contributed by atoms with E-state index in [1.807, 2.05) is 44.2 Å². The fourth-order valence-corrected chi connectivity index (χ4v) is 2.27. The van der Waals surface area contributed by atoms with Gasteiger partial charge in [-0.05, 0) is 32.4 Å². The van der Waals surface area contributed by atoms with Crippen LogP contribution in [0.5, 0.6) is 0 Å². The Bertz CT molecular complexity index is 591. The molecule has 1 amide bonds. The lowest BCUT2D eigenvalue weighted by molar-refractivity contribution is 0.0695. The number of aliphatic hydroxyl groups excluding tert-OH is 1. The molecule has 106 valence electrons. The van der Waals surface area contributed by atoms with E-state index >= 15 is 0 Å². The van der Waals surface area contributed by atoms with Crippen molar-refractivity contribution in [1.82, 2.24) is 9.88 Å². The van der Waals surface area contributed by atoms with Crippen molar-refractivity contribution in [2.24, 2.45) is 0 Å². The minimum atomic E-state index is -0.0299. The Kier molecular flexibility index (Phi) is 4.69. The number of fused-ring (bicyclic) bond motifs is 1. The fourth-order valence-electron chi connectivity index (χ4n) is 2.27. The summed E-state index contributed by atoms with van der Waals surface area (Å²) in [5.74, 6) is -0.0299. The molecule has 0 aliphatic rings. The molecule has 2 aromatic rings. The van der Waals surface area contributed by atoms with E-state index in [1.165, 1.54) is 0 Å². The zero-order valence-corrected chi connectivity index (χ0v) is 11.9. The Morgan fingerprint density at radius 1 is 1.30 bits per heavy atom. The maximum atomic E-state index is 12.7. The topological polar surface area (TPSA) is 53.4 Å². The monoisotopic (exact) mass is 272 g/mol. The van der Waals surface area contributed by atoms with Gasteiger partial charge in [-0.25, -0.2) is 0 Å². The molecule has 0 saturated heterocycles. The Labute approximate surface area is 119 Å². The molecule has 0 saturated carbocycles. The van der Waals surface area contributed by atoms with Crippen molar-refractivity contribution in [3.8, 4) is 0 Å². The van der Waals surface area contributed by atoms with Crippen LogP contribution in [0.3, 0.4) is 0 Å². The molecule has 0 radical (unpaired) electrons. The highest BCUT2D eigenvalue weighted by Gasteiger charge is 2.20. The predicted octanol–water partition coefficient (Wildman–Crippen LogP) is 2.47. The number of carbonyl (C=O) groups excluding carboxylic acids is 1. The Hall–Kier alpha value is -1.94. The first-order chi connectivity index (χ1) is 9.65. The molecule has 0 aliphatic carbocycles. The summed E-state index contributed by atoms with van der Waals surface area (Å²) in [7, 11) is 0. The number of aromatic nitrogens is 1. The smallest absolute Gasteiger partial charge is 0.256 e. The number of pyridine rings is 1. The maximum absolute atomic E-state index is 12.7. The third-order valence-electron chi connectivity index (χ3n) is 3.30. The number of hydrogen-bond donors (Lipinski definition) is 1. The second-order valence-corrected chi connectivity index (χ2v) is 5.05. The molecule has 1 aromatic carbocycles. The Balaban J connectivity index is 2.38. The molecule has 0 unspecified atom stereocenters. The van der Waals surface area contributed by atoms with Gasteiger partial charge in [-0.1, -0.05) is 18.2 Å². The van der Waals surface area contributed by atoms with Crippen LogP contribution in [0.2, 0.25) is 0 Å². The highest BCUT2D eigenvalue weighted by molar-refractivity contribution is 6.05. The molecule has 1 heterocycles. The van der Waals surface area contributed by atoms with Crippen LogP contribution in [-0.2, 0) is 0 Å². The van der Waals surface area contributed by atoms with Crippen molar-refractivity contribution in [1.29, 1.82) is 0 Å². The van der Waals surface area contributed by atoms with Crippen LogP contribution >= 0.6 is 0 Å². The van der Waals surface area contributed by atoms with E-state index in [0.29, 0.717) is 18.5 Å². The van der Waals surface area contributed by atoms with Gasteiger partial charge in [0.25, 0.3) is 5.91 Å². The zero-order chi connectivity index (χ0) is 14.5. The van der Waals surface area contributed by atoms with Gasteiger partial charge >= 0.3 is 0 Å². The first-order valence-electron chi connectivity index (χ1n) is 6.90. The standard InChI is InChI=1S/C16H20N2O2/c1-12(2)18(10-5-11-19)16(20)14-8-3-6-13-7-4-9-17-15(13)14/h3-4,6-9,12,19H,5,10-11H2,1-2H3. The fraction of sp³-hybridized carbons (Fsp3) is 0.375. The van der Waals surface area contributed by atoms with Gasteiger partial charge in [-0.15, -0.1) is 0 Å². The number of amides is 1. The number of benzene rings is 1. The van der Waals surface area contributed by atoms with Crippen LogP contribution in [0.15, 0.2) is 36.5 Å². The van der Waals surface area contributed by atoms with E-state index in [2.05, 4.69) is 4.98 Å². The summed E-state index contributed by atoms with van der Waals surface area (Å²) in [5.41, 5.74) is 1.35. The number of rotatable bonds is 5. The summed E-state index contributed by atoms with van der Waals surface area (Å²) in [6.07, 6.45) is 2.29. The van der Waals surface area contributed by atoms with Gasteiger partial charge in [0.05, 0.1) is 11.1 Å². The summed E-state index contributed by atoms with van der Waals surface area (Å²) in [4.78, 5) is 18.8. The minimum Gasteiger partial charge on any atom is -0.396 e. The molecule has 20 heavy (non-hydrogen) atoms. The highest BCUT2D eigenvalue weighted by atomic mass is 16.3. The summed E-state index contributed by atoms with van der Waals surface area (Å²) < 4.78 is 0. The number of aliphatic hydroxyl groups is 1. The average molecular weight is 272 g/mol. The number of para-hydroxylation sites is 1. The molecule has 4 heteroatoms. The number of carbonyl (C=O) groups is 1. The van der Waals surface area contributed by atoms with E-state index in [-0.39, 0.29) is 18.6 Å². The van der Waals surface area contributed by atoms with Gasteiger partial charge in [0.1, 0.15) is 0 Å². The molecular weight excluding hydrogens is 252 g/mol. The van der Waals surface area contributed by atoms with Gasteiger partial charge in [-0.3, -0.25) is 9.78 Å². The van der Waals surface area contributed by atoms with Crippen molar-refractivity contribution in [2.75, 3.05) is 13.2 Å². The van der Waals surface area contributed by atoms with Crippen molar-refractivity contribution in [3.05, 3.63) is 42.1 Å². The van der Waals surface area contributed by atoms with Gasteiger partial charge in [0, 0.05) is 30.8 Å². The normalized spacial score (nSPS) is 11.0. The van der Waals surface area contributed by atoms with Gasteiger partial charge in [0.15, 0.2) is 0 Å². The SMILES string of the molecule is CC(C)N(CCCO)C(=O)c1cccc2cccnc12. The molecule has 2 rings (SSSR count). The predicted molar refractivity (Wildman–Crippen MR) is 79.6 cm³/mol. The molecule has 1 aromatic heterocycles. The molecule has 0 aliphatic heterocycles. The summed E-state index contributed by atoms with van der Waals surface area (Å²) in [5, 5.41) is 9.93. The second kappa shape index (κ2) is 6.48. The van der Waals surface area contributed by atoms with Gasteiger partial charge < -0.3 is 10.0 Å². The quantitative estimate of drug-likeness (QED) is 0.909. The molecule has 4 nitrogen and oxygen atoms in total. The van der Waals surface area contributed by atoms with Crippen molar-refractivity contribution in [3.63, 3.8) is 0 Å². The molecule has 0 bridgehead atoms. The van der Waals surface area contributed by atoms with Crippen molar-refractivity contribution in [2.45, 2.75) is 26.3 Å². The van der Waals surface area contributed by atoms with Crippen LogP contribution in [0.4, 0.5) is 0 Å². The van der Waals surface area contributed by atoms with Crippen LogP contribution in [0, 0.1) is 0 Å². The van der Waals surface area contributed by atoms with Crippen molar-refractivity contribution < 1.29 is 9.90 Å². The van der Waals surface area contributed by atoms with E-state index in [9.17, 15) is 4.79 Å². The lowest BCUT2D eigenvalue weighted by Gasteiger charge is -2.27. The van der Waals surface area contributed by atoms with E-state index in [4.69, 9.17) is 5.11 Å². The Morgan fingerprint density at radius 2 is 2.05 bits per heavy atom. The van der Waals surface area contributed by atoms with Crippen molar-refractivity contribution >= 4 is 16.8 Å². The van der Waals surface area contributed by atoms with E-state index < -0.39 is 0 Å². The molecule has 0 atom stereocenters. The second-order valence-electron chi connectivity index (χ2n) is 5.05. The largest absolute Gasteiger partial charge is 0.396 e. The molecule has 0 fully saturated rings. The highest BCUT2D eigenvalue weighted by Crippen LogP contribution is 2.18. The third kappa shape index (κ3) is 2.96. The average Bonchev–Trinajstić information content (AvgIpc) is 2.46. The summed E-state index contributed by atoms with van der Waals surface area (Å²) >= 11 is 0. The van der Waals surface area contributed by atoms with Crippen LogP contribution in [0.25, 0.3) is 10.9 Å². The first-order valence-corrected chi connectivity index (χ1v) is 6.90. The van der Waals surface area contributed by atoms with Crippen LogP contribution in [-0.4, -0.2) is 40.1 Å². The zero-order valence-electron chi connectivity index (χ0n) is 11.9. The maximum Gasteiger partial charge on any atom is 0.256 e. The van der Waals surface area contributed by atoms with Crippen LogP contribution < -0.4 is 0 Å². The van der Waals surface area contributed by atoms with E-state index in [0.717, 1.165) is 10.9 Å². The third-order valence-corrected chi connectivity index (χ3v) is 3.30. The Morgan fingerprint density at radius 3 is 2.75 bits per heavy atom. The van der Waals surface area contributed by atoms with Gasteiger partial charge in [-0.2, -0.15) is 0 Å². The first kappa shape index (κ1) is 14.5. The number of hydrogen-bond acceptors (Lipinski definition) is 3. The van der Waals surface area contributed by atoms with E-state index in [1.54, 1.807) is 11.1 Å². The number of nitrogens with zero attached hydrogens (tertiary/aromatic N) is 2. The lowest BCUT2D eigenvalue weighted by Crippen LogP contribution is -2.38. The lowest BCUT2D eigenvalue weighted by atomic mass is 10.1. The van der Waals surface area contributed by atoms with Gasteiger partial charge in [0.2, 0.25) is 0 Å². The summed E-state index contributed by atoms with van der Waals surface area (Å²) in [6.45, 7) is 4.60. The molecule has 1 N–H and O–H groups in total.